The summed E-state index contributed by atoms with van der Waals surface area (Å²) in [7, 11) is 3.09. The third kappa shape index (κ3) is 1.75. The average Bonchev–Trinajstić information content (AvgIpc) is 2.17. The van der Waals surface area contributed by atoms with E-state index >= 15 is 0 Å². The Morgan fingerprint density at radius 3 is 2.29 bits per heavy atom. The molecule has 0 atom stereocenters. The molecule has 0 saturated carbocycles. The molecule has 1 aromatic carbocycles. The van der Waals surface area contributed by atoms with Gasteiger partial charge in [0.2, 0.25) is 0 Å². The number of halogens is 1. The smallest absolute Gasteiger partial charge is 0.153 e. The first kappa shape index (κ1) is 11.0. The summed E-state index contributed by atoms with van der Waals surface area (Å²) in [6.45, 7) is 1.87. The topological polar surface area (TPSA) is 35.5 Å². The van der Waals surface area contributed by atoms with E-state index in [4.69, 9.17) is 9.47 Å². The predicted molar refractivity (Wildman–Crippen MR) is 57.4 cm³/mol. The molecule has 0 heterocycles. The number of benzene rings is 1. The molecule has 0 fully saturated rings. The van der Waals surface area contributed by atoms with Gasteiger partial charge in [0.15, 0.2) is 6.29 Å². The van der Waals surface area contributed by atoms with Crippen molar-refractivity contribution in [2.45, 2.75) is 6.92 Å². The summed E-state index contributed by atoms with van der Waals surface area (Å²) in [5.41, 5.74) is 1.40. The predicted octanol–water partition coefficient (Wildman–Crippen LogP) is 2.59. The highest BCUT2D eigenvalue weighted by atomic mass is 79.9. The summed E-state index contributed by atoms with van der Waals surface area (Å²) in [5, 5.41) is 0. The van der Waals surface area contributed by atoms with Crippen molar-refractivity contribution in [1.29, 1.82) is 0 Å². The Morgan fingerprint density at radius 1 is 1.29 bits per heavy atom. The van der Waals surface area contributed by atoms with E-state index in [-0.39, 0.29) is 0 Å². The van der Waals surface area contributed by atoms with Crippen LogP contribution in [-0.2, 0) is 0 Å². The van der Waals surface area contributed by atoms with Gasteiger partial charge in [-0.15, -0.1) is 0 Å². The highest BCUT2D eigenvalue weighted by Gasteiger charge is 2.14. The second kappa shape index (κ2) is 4.46. The van der Waals surface area contributed by atoms with Crippen molar-refractivity contribution in [1.82, 2.24) is 0 Å². The van der Waals surface area contributed by atoms with Crippen LogP contribution in [-0.4, -0.2) is 20.5 Å². The molecule has 0 aromatic heterocycles. The number of ether oxygens (including phenoxy) is 2. The van der Waals surface area contributed by atoms with Crippen LogP contribution in [0.4, 0.5) is 0 Å². The zero-order valence-corrected chi connectivity index (χ0v) is 9.84. The van der Waals surface area contributed by atoms with Gasteiger partial charge in [-0.1, -0.05) is 0 Å². The molecule has 0 aliphatic rings. The van der Waals surface area contributed by atoms with Crippen molar-refractivity contribution < 1.29 is 14.3 Å². The van der Waals surface area contributed by atoms with Crippen molar-refractivity contribution in [2.75, 3.05) is 14.2 Å². The zero-order chi connectivity index (χ0) is 10.7. The summed E-state index contributed by atoms with van der Waals surface area (Å²) >= 11 is 3.34. The van der Waals surface area contributed by atoms with Gasteiger partial charge in [0.25, 0.3) is 0 Å². The fourth-order valence-corrected chi connectivity index (χ4v) is 2.18. The van der Waals surface area contributed by atoms with Gasteiger partial charge >= 0.3 is 0 Å². The number of methoxy groups -OCH3 is 2. The summed E-state index contributed by atoms with van der Waals surface area (Å²) < 4.78 is 11.0. The molecule has 4 heteroatoms. The zero-order valence-electron chi connectivity index (χ0n) is 8.26. The van der Waals surface area contributed by atoms with Crippen LogP contribution in [0.15, 0.2) is 10.5 Å². The monoisotopic (exact) mass is 258 g/mol. The van der Waals surface area contributed by atoms with Crippen molar-refractivity contribution in [3.63, 3.8) is 0 Å². The number of hydrogen-bond donors (Lipinski definition) is 0. The van der Waals surface area contributed by atoms with Crippen molar-refractivity contribution in [3.8, 4) is 11.5 Å². The summed E-state index contributed by atoms with van der Waals surface area (Å²) in [4.78, 5) is 10.7. The molecule has 0 N–H and O–H groups in total. The molecule has 0 amide bonds. The molecule has 0 aliphatic heterocycles. The van der Waals surface area contributed by atoms with Gasteiger partial charge < -0.3 is 9.47 Å². The Labute approximate surface area is 91.1 Å². The lowest BCUT2D eigenvalue weighted by atomic mass is 10.1. The SMILES string of the molecule is COc1c(C)cc(C=O)c(OC)c1Br. The summed E-state index contributed by atoms with van der Waals surface area (Å²) in [5.74, 6) is 1.19. The van der Waals surface area contributed by atoms with E-state index in [0.717, 1.165) is 11.8 Å². The molecule has 14 heavy (non-hydrogen) atoms. The third-order valence-electron chi connectivity index (χ3n) is 1.93. The second-order valence-electron chi connectivity index (χ2n) is 2.78. The summed E-state index contributed by atoms with van der Waals surface area (Å²) in [6.07, 6.45) is 0.760. The van der Waals surface area contributed by atoms with Crippen LogP contribution in [0, 0.1) is 6.92 Å². The number of aryl methyl sites for hydroxylation is 1. The molecule has 76 valence electrons. The Bertz CT molecular complexity index is 361. The van der Waals surface area contributed by atoms with E-state index in [0.29, 0.717) is 21.5 Å². The molecule has 1 aromatic rings. The lowest BCUT2D eigenvalue weighted by Gasteiger charge is -2.12. The highest BCUT2D eigenvalue weighted by molar-refractivity contribution is 9.10. The highest BCUT2D eigenvalue weighted by Crippen LogP contribution is 2.39. The molecule has 1 rings (SSSR count). The molecule has 0 bridgehead atoms. The van der Waals surface area contributed by atoms with E-state index < -0.39 is 0 Å². The van der Waals surface area contributed by atoms with Crippen LogP contribution in [0.1, 0.15) is 15.9 Å². The Hall–Kier alpha value is -1.03. The molecule has 0 radical (unpaired) electrons. The molecule has 0 aliphatic carbocycles. The van der Waals surface area contributed by atoms with Crippen LogP contribution in [0.5, 0.6) is 11.5 Å². The maximum absolute atomic E-state index is 10.7. The van der Waals surface area contributed by atoms with E-state index in [9.17, 15) is 4.79 Å². The van der Waals surface area contributed by atoms with Gasteiger partial charge in [-0.2, -0.15) is 0 Å². The number of carbonyl (C=O) groups is 1. The van der Waals surface area contributed by atoms with Gasteiger partial charge in [-0.05, 0) is 34.5 Å². The van der Waals surface area contributed by atoms with Gasteiger partial charge in [0, 0.05) is 0 Å². The van der Waals surface area contributed by atoms with E-state index in [1.54, 1.807) is 13.2 Å². The van der Waals surface area contributed by atoms with Crippen LogP contribution in [0.3, 0.4) is 0 Å². The molecular weight excluding hydrogens is 248 g/mol. The fraction of sp³-hybridized carbons (Fsp3) is 0.300. The van der Waals surface area contributed by atoms with Crippen LogP contribution in [0.2, 0.25) is 0 Å². The minimum atomic E-state index is 0.502. The fourth-order valence-electron chi connectivity index (χ4n) is 1.31. The van der Waals surface area contributed by atoms with Crippen LogP contribution < -0.4 is 9.47 Å². The lowest BCUT2D eigenvalue weighted by molar-refractivity contribution is 0.112. The van der Waals surface area contributed by atoms with Crippen molar-refractivity contribution in [3.05, 3.63) is 21.7 Å². The molecule has 0 unspecified atom stereocenters. The largest absolute Gasteiger partial charge is 0.495 e. The lowest BCUT2D eigenvalue weighted by Crippen LogP contribution is -1.97. The van der Waals surface area contributed by atoms with Crippen molar-refractivity contribution in [2.24, 2.45) is 0 Å². The second-order valence-corrected chi connectivity index (χ2v) is 3.57. The van der Waals surface area contributed by atoms with Gasteiger partial charge in [0.05, 0.1) is 19.8 Å². The first-order valence-electron chi connectivity index (χ1n) is 4.02. The maximum atomic E-state index is 10.7. The Kier molecular flexibility index (Phi) is 3.52. The van der Waals surface area contributed by atoms with Crippen LogP contribution >= 0.6 is 15.9 Å². The Morgan fingerprint density at radius 2 is 1.86 bits per heavy atom. The van der Waals surface area contributed by atoms with Gasteiger partial charge in [-0.25, -0.2) is 0 Å². The number of rotatable bonds is 3. The Balaban J connectivity index is 3.46. The van der Waals surface area contributed by atoms with Gasteiger partial charge in [0.1, 0.15) is 16.0 Å². The minimum absolute atomic E-state index is 0.502. The number of hydrogen-bond acceptors (Lipinski definition) is 3. The first-order valence-corrected chi connectivity index (χ1v) is 4.81. The summed E-state index contributed by atoms with van der Waals surface area (Å²) in [6, 6.07) is 1.73. The molecule has 0 saturated heterocycles. The molecule has 0 spiro atoms. The maximum Gasteiger partial charge on any atom is 0.153 e. The third-order valence-corrected chi connectivity index (χ3v) is 2.65. The van der Waals surface area contributed by atoms with Crippen molar-refractivity contribution >= 4 is 22.2 Å². The quantitative estimate of drug-likeness (QED) is 0.782. The van der Waals surface area contributed by atoms with Gasteiger partial charge in [-0.3, -0.25) is 4.79 Å². The standard InChI is InChI=1S/C10H11BrO3/c1-6-4-7(5-12)10(14-3)8(11)9(6)13-2/h4-5H,1-3H3. The van der Waals surface area contributed by atoms with Crippen LogP contribution in [0.25, 0.3) is 0 Å². The average molecular weight is 259 g/mol. The first-order chi connectivity index (χ1) is 6.65. The van der Waals surface area contributed by atoms with E-state index in [1.807, 2.05) is 6.92 Å². The molecule has 3 nitrogen and oxygen atoms in total. The molecular formula is C10H11BrO3. The van der Waals surface area contributed by atoms with E-state index in [2.05, 4.69) is 15.9 Å². The van der Waals surface area contributed by atoms with E-state index in [1.165, 1.54) is 7.11 Å². The minimum Gasteiger partial charge on any atom is -0.495 e. The number of carbonyl (C=O) groups excluding carboxylic acids is 1. The number of aldehydes is 1. The normalized spacial score (nSPS) is 9.71.